The molecule has 0 aromatic rings. The number of nitrogens with zero attached hydrogens (tertiary/aromatic N) is 1. The van der Waals surface area contributed by atoms with Crippen molar-refractivity contribution in [1.82, 2.24) is 4.57 Å². The van der Waals surface area contributed by atoms with E-state index < -0.39 is 16.6 Å². The molecule has 0 saturated carbocycles. The van der Waals surface area contributed by atoms with E-state index in [0.29, 0.717) is 5.92 Å². The van der Waals surface area contributed by atoms with Crippen molar-refractivity contribution in [2.75, 3.05) is 6.54 Å². The van der Waals surface area contributed by atoms with Gasteiger partial charge in [0, 0.05) is 0 Å². The van der Waals surface area contributed by atoms with Gasteiger partial charge in [-0.25, -0.2) is 0 Å². The average molecular weight is 274 g/mol. The van der Waals surface area contributed by atoms with Crippen molar-refractivity contribution in [3.8, 4) is 0 Å². The Labute approximate surface area is 108 Å². The minimum Gasteiger partial charge on any atom is -0.519 e. The van der Waals surface area contributed by atoms with E-state index in [4.69, 9.17) is 4.43 Å². The van der Waals surface area contributed by atoms with Crippen molar-refractivity contribution < 1.29 is 9.22 Å². The maximum Gasteiger partial charge on any atom is 0.309 e. The zero-order valence-electron chi connectivity index (χ0n) is 12.3. The fourth-order valence-electron chi connectivity index (χ4n) is 2.38. The van der Waals surface area contributed by atoms with Crippen LogP contribution in [-0.4, -0.2) is 39.7 Å². The lowest BCUT2D eigenvalue weighted by Crippen LogP contribution is -2.53. The van der Waals surface area contributed by atoms with Crippen LogP contribution in [-0.2, 0) is 9.22 Å². The van der Waals surface area contributed by atoms with Gasteiger partial charge >= 0.3 is 5.97 Å². The fourth-order valence-corrected chi connectivity index (χ4v) is 5.13. The van der Waals surface area contributed by atoms with Gasteiger partial charge in [0.25, 0.3) is 0 Å². The van der Waals surface area contributed by atoms with Crippen LogP contribution in [0.2, 0.25) is 39.3 Å². The molecule has 17 heavy (non-hydrogen) atoms. The van der Waals surface area contributed by atoms with E-state index in [-0.39, 0.29) is 12.0 Å². The minimum atomic E-state index is -1.76. The van der Waals surface area contributed by atoms with E-state index in [2.05, 4.69) is 50.8 Å². The van der Waals surface area contributed by atoms with E-state index in [1.165, 1.54) is 0 Å². The van der Waals surface area contributed by atoms with Crippen molar-refractivity contribution >= 4 is 22.5 Å². The molecule has 2 atom stereocenters. The van der Waals surface area contributed by atoms with Gasteiger partial charge in [0.2, 0.25) is 8.32 Å². The van der Waals surface area contributed by atoms with E-state index in [1.54, 1.807) is 0 Å². The Morgan fingerprint density at radius 1 is 1.18 bits per heavy atom. The monoisotopic (exact) mass is 273 g/mol. The summed E-state index contributed by atoms with van der Waals surface area (Å²) < 4.78 is 8.11. The second-order valence-electron chi connectivity index (χ2n) is 7.21. The topological polar surface area (TPSA) is 29.5 Å². The van der Waals surface area contributed by atoms with Gasteiger partial charge in [-0.1, -0.05) is 26.6 Å². The van der Waals surface area contributed by atoms with Crippen LogP contribution in [0.3, 0.4) is 0 Å². The molecule has 1 aliphatic rings. The van der Waals surface area contributed by atoms with Crippen molar-refractivity contribution in [1.29, 1.82) is 0 Å². The van der Waals surface area contributed by atoms with Crippen LogP contribution in [0.1, 0.15) is 13.3 Å². The summed E-state index contributed by atoms with van der Waals surface area (Å²) in [5.74, 6) is 0.636. The molecule has 100 valence electrons. The molecular weight excluding hydrogens is 246 g/mol. The first-order valence-corrected chi connectivity index (χ1v) is 13.4. The Morgan fingerprint density at radius 3 is 2.12 bits per heavy atom. The molecule has 1 rings (SSSR count). The maximum absolute atomic E-state index is 12.3. The maximum atomic E-state index is 12.3. The molecule has 0 aromatic heterocycles. The number of rotatable bonds is 3. The van der Waals surface area contributed by atoms with E-state index >= 15 is 0 Å². The lowest BCUT2D eigenvalue weighted by Gasteiger charge is -2.35. The van der Waals surface area contributed by atoms with Gasteiger partial charge in [0.1, 0.15) is 14.3 Å². The van der Waals surface area contributed by atoms with Gasteiger partial charge in [-0.05, 0) is 38.5 Å². The summed E-state index contributed by atoms with van der Waals surface area (Å²) in [4.78, 5) is 12.3. The third-order valence-electron chi connectivity index (χ3n) is 3.05. The Morgan fingerprint density at radius 2 is 1.71 bits per heavy atom. The third-order valence-corrected chi connectivity index (χ3v) is 6.08. The highest BCUT2D eigenvalue weighted by Crippen LogP contribution is 2.29. The van der Waals surface area contributed by atoms with E-state index in [1.807, 2.05) is 0 Å². The SMILES string of the molecule is C[C@@H]1C[C@@H](C(=O)O[Si](C)(C)C)N([Si](C)(C)C)C1. The summed E-state index contributed by atoms with van der Waals surface area (Å²) in [5.41, 5.74) is 0. The molecule has 0 aromatic carbocycles. The Hall–Kier alpha value is -0.136. The molecule has 5 heteroatoms. The summed E-state index contributed by atoms with van der Waals surface area (Å²) >= 11 is 0. The number of carbonyl (C=O) groups excluding carboxylic acids is 1. The van der Waals surface area contributed by atoms with Crippen molar-refractivity contribution in [2.45, 2.75) is 58.7 Å². The molecule has 0 spiro atoms. The van der Waals surface area contributed by atoms with Gasteiger partial charge in [0.15, 0.2) is 0 Å². The van der Waals surface area contributed by atoms with Gasteiger partial charge in [-0.2, -0.15) is 0 Å². The third kappa shape index (κ3) is 4.23. The summed E-state index contributed by atoms with van der Waals surface area (Å²) in [7, 11) is -3.18. The van der Waals surface area contributed by atoms with Crippen LogP contribution < -0.4 is 0 Å². The number of hydrogen-bond acceptors (Lipinski definition) is 3. The number of hydrogen-bond donors (Lipinski definition) is 0. The molecule has 3 nitrogen and oxygen atoms in total. The van der Waals surface area contributed by atoms with Crippen LogP contribution in [0.25, 0.3) is 0 Å². The second-order valence-corrected chi connectivity index (χ2v) is 16.6. The molecule has 1 saturated heterocycles. The molecular formula is C12H27NO2Si2. The predicted molar refractivity (Wildman–Crippen MR) is 77.1 cm³/mol. The lowest BCUT2D eigenvalue weighted by atomic mass is 10.1. The van der Waals surface area contributed by atoms with Crippen LogP contribution in [0.5, 0.6) is 0 Å². The minimum absolute atomic E-state index is 0.0170. The molecule has 0 radical (unpaired) electrons. The van der Waals surface area contributed by atoms with Crippen molar-refractivity contribution in [2.24, 2.45) is 5.92 Å². The molecule has 1 fully saturated rings. The van der Waals surface area contributed by atoms with E-state index in [0.717, 1.165) is 13.0 Å². The normalized spacial score (nSPS) is 27.2. The summed E-state index contributed by atoms with van der Waals surface area (Å²) in [5, 5.41) is 0. The molecule has 0 unspecified atom stereocenters. The van der Waals surface area contributed by atoms with Gasteiger partial charge in [0.05, 0.1) is 0 Å². The molecule has 1 aliphatic heterocycles. The van der Waals surface area contributed by atoms with Gasteiger partial charge in [-0.3, -0.25) is 4.79 Å². The van der Waals surface area contributed by atoms with Gasteiger partial charge < -0.3 is 8.99 Å². The highest BCUT2D eigenvalue weighted by Gasteiger charge is 2.42. The Kier molecular flexibility index (Phi) is 4.26. The molecule has 0 aliphatic carbocycles. The first kappa shape index (κ1) is 14.9. The van der Waals surface area contributed by atoms with Gasteiger partial charge in [-0.15, -0.1) is 0 Å². The van der Waals surface area contributed by atoms with E-state index in [9.17, 15) is 4.79 Å². The smallest absolute Gasteiger partial charge is 0.309 e. The van der Waals surface area contributed by atoms with Crippen LogP contribution in [0.4, 0.5) is 0 Å². The highest BCUT2D eigenvalue weighted by atomic mass is 28.4. The molecule has 0 N–H and O–H groups in total. The fraction of sp³-hybridized carbons (Fsp3) is 0.917. The van der Waals surface area contributed by atoms with Crippen molar-refractivity contribution in [3.05, 3.63) is 0 Å². The standard InChI is InChI=1S/C12H27NO2Si2/c1-10-8-11(12(14)15-17(5,6)7)13(9-10)16(2,3)4/h10-11H,8-9H2,1-7H3/t10-,11+/m1/s1. The quantitative estimate of drug-likeness (QED) is 0.741. The zero-order valence-corrected chi connectivity index (χ0v) is 14.3. The largest absolute Gasteiger partial charge is 0.519 e. The molecule has 0 amide bonds. The summed E-state index contributed by atoms with van der Waals surface area (Å²) in [6, 6.07) is 0.0170. The first-order chi connectivity index (χ1) is 7.50. The van der Waals surface area contributed by atoms with Crippen molar-refractivity contribution in [3.63, 3.8) is 0 Å². The predicted octanol–water partition coefficient (Wildman–Crippen LogP) is 2.91. The zero-order chi connectivity index (χ0) is 13.4. The molecule has 0 bridgehead atoms. The number of carbonyl (C=O) groups is 1. The van der Waals surface area contributed by atoms with Crippen LogP contribution in [0.15, 0.2) is 0 Å². The second kappa shape index (κ2) is 4.86. The summed E-state index contributed by atoms with van der Waals surface area (Å²) in [6.45, 7) is 16.4. The Balaban J connectivity index is 2.78. The lowest BCUT2D eigenvalue weighted by molar-refractivity contribution is -0.138. The highest BCUT2D eigenvalue weighted by molar-refractivity contribution is 6.74. The first-order valence-electron chi connectivity index (χ1n) is 6.50. The molecule has 1 heterocycles. The van der Waals surface area contributed by atoms with Crippen LogP contribution >= 0.6 is 0 Å². The van der Waals surface area contributed by atoms with Crippen LogP contribution in [0, 0.1) is 5.92 Å². The summed E-state index contributed by atoms with van der Waals surface area (Å²) in [6.07, 6.45) is 0.966. The average Bonchev–Trinajstić information content (AvgIpc) is 2.43. The Bertz CT molecular complexity index is 294.